The van der Waals surface area contributed by atoms with Gasteiger partial charge in [-0.05, 0) is 92.5 Å². The topological polar surface area (TPSA) is 21.7 Å². The molecular formula is C32H35NO2. The molecule has 0 amide bonds. The maximum atomic E-state index is 6.64. The molecule has 4 aromatic carbocycles. The summed E-state index contributed by atoms with van der Waals surface area (Å²) in [5.41, 5.74) is 3.69. The maximum Gasteiger partial charge on any atom is 0.143 e. The Labute approximate surface area is 209 Å². The first-order chi connectivity index (χ1) is 17.3. The van der Waals surface area contributed by atoms with E-state index in [0.717, 1.165) is 34.6 Å². The number of piperidine rings is 1. The molecule has 0 atom stereocenters. The number of para-hydroxylation sites is 1. The van der Waals surface area contributed by atoms with Gasteiger partial charge in [0.25, 0.3) is 0 Å². The molecule has 0 radical (unpaired) electrons. The molecule has 3 heteroatoms. The first-order valence-corrected chi connectivity index (χ1v) is 13.0. The Kier molecular flexibility index (Phi) is 7.65. The summed E-state index contributed by atoms with van der Waals surface area (Å²) in [6.07, 6.45) is 7.53. The monoisotopic (exact) mass is 465 g/mol. The summed E-state index contributed by atoms with van der Waals surface area (Å²) in [5, 5.41) is 2.36. The van der Waals surface area contributed by atoms with Gasteiger partial charge in [-0.15, -0.1) is 0 Å². The zero-order valence-electron chi connectivity index (χ0n) is 20.7. The molecule has 0 aromatic heterocycles. The van der Waals surface area contributed by atoms with Crippen molar-refractivity contribution >= 4 is 10.8 Å². The highest BCUT2D eigenvalue weighted by Gasteiger charge is 2.18. The van der Waals surface area contributed by atoms with Crippen molar-refractivity contribution in [1.82, 2.24) is 4.90 Å². The predicted molar refractivity (Wildman–Crippen MR) is 146 cm³/mol. The summed E-state index contributed by atoms with van der Waals surface area (Å²) in [6.45, 7) is 3.74. The maximum absolute atomic E-state index is 6.64. The Morgan fingerprint density at radius 1 is 0.743 bits per heavy atom. The zero-order valence-corrected chi connectivity index (χ0v) is 20.7. The van der Waals surface area contributed by atoms with E-state index in [1.54, 1.807) is 7.11 Å². The fourth-order valence-corrected chi connectivity index (χ4v) is 5.19. The highest BCUT2D eigenvalue weighted by Crippen LogP contribution is 2.43. The van der Waals surface area contributed by atoms with E-state index in [2.05, 4.69) is 47.4 Å². The van der Waals surface area contributed by atoms with Crippen molar-refractivity contribution in [3.05, 3.63) is 90.5 Å². The van der Waals surface area contributed by atoms with Crippen LogP contribution in [0.15, 0.2) is 84.9 Å². The van der Waals surface area contributed by atoms with Crippen LogP contribution in [0.3, 0.4) is 0 Å². The van der Waals surface area contributed by atoms with E-state index in [1.165, 1.54) is 68.3 Å². The molecular weight excluding hydrogens is 430 g/mol. The van der Waals surface area contributed by atoms with Gasteiger partial charge in [-0.2, -0.15) is 0 Å². The number of methoxy groups -OCH3 is 1. The number of benzene rings is 4. The number of nitrogens with zero attached hydrogens (tertiary/aromatic N) is 1. The van der Waals surface area contributed by atoms with Crippen LogP contribution in [0, 0.1) is 0 Å². The number of unbranched alkanes of at least 4 members (excludes halogenated alkanes) is 1. The van der Waals surface area contributed by atoms with Gasteiger partial charge < -0.3 is 14.4 Å². The average molecular weight is 466 g/mol. The van der Waals surface area contributed by atoms with Gasteiger partial charge in [0.2, 0.25) is 0 Å². The molecule has 0 spiro atoms. The molecule has 4 aromatic rings. The molecule has 0 saturated carbocycles. The van der Waals surface area contributed by atoms with Crippen LogP contribution < -0.4 is 9.47 Å². The second kappa shape index (κ2) is 11.4. The Hall–Kier alpha value is -3.30. The van der Waals surface area contributed by atoms with Crippen LogP contribution in [0.25, 0.3) is 21.9 Å². The third kappa shape index (κ3) is 5.68. The van der Waals surface area contributed by atoms with Gasteiger partial charge in [0.1, 0.15) is 17.2 Å². The number of ether oxygens (including phenoxy) is 2. The molecule has 1 heterocycles. The van der Waals surface area contributed by atoms with Crippen LogP contribution >= 0.6 is 0 Å². The molecule has 0 unspecified atom stereocenters. The van der Waals surface area contributed by atoms with Crippen LogP contribution in [-0.2, 0) is 6.42 Å². The van der Waals surface area contributed by atoms with E-state index in [1.807, 2.05) is 42.5 Å². The first kappa shape index (κ1) is 23.4. The average Bonchev–Trinajstić information content (AvgIpc) is 2.92. The summed E-state index contributed by atoms with van der Waals surface area (Å²) in [4.78, 5) is 2.64. The largest absolute Gasteiger partial charge is 0.497 e. The van der Waals surface area contributed by atoms with E-state index < -0.39 is 0 Å². The van der Waals surface area contributed by atoms with Gasteiger partial charge >= 0.3 is 0 Å². The summed E-state index contributed by atoms with van der Waals surface area (Å²) >= 11 is 0. The SMILES string of the molecule is COc1ccc(-c2c(CCCCN3CCCCC3)cc3ccccc3c2Oc2ccccc2)cc1. The predicted octanol–water partition coefficient (Wildman–Crippen LogP) is 8.12. The molecule has 0 N–H and O–H groups in total. The van der Waals surface area contributed by atoms with Crippen molar-refractivity contribution in [2.24, 2.45) is 0 Å². The highest BCUT2D eigenvalue weighted by atomic mass is 16.5. The first-order valence-electron chi connectivity index (χ1n) is 13.0. The van der Waals surface area contributed by atoms with Crippen molar-refractivity contribution in [2.45, 2.75) is 38.5 Å². The zero-order chi connectivity index (χ0) is 23.9. The van der Waals surface area contributed by atoms with E-state index in [4.69, 9.17) is 9.47 Å². The van der Waals surface area contributed by atoms with Gasteiger partial charge in [-0.1, -0.05) is 67.1 Å². The Balaban J connectivity index is 1.52. The second-order valence-corrected chi connectivity index (χ2v) is 9.46. The van der Waals surface area contributed by atoms with Gasteiger partial charge in [-0.25, -0.2) is 0 Å². The van der Waals surface area contributed by atoms with Crippen molar-refractivity contribution in [3.8, 4) is 28.4 Å². The summed E-state index contributed by atoms with van der Waals surface area (Å²) in [6, 6.07) is 29.4. The number of likely N-dealkylation sites (tertiary alicyclic amines) is 1. The minimum absolute atomic E-state index is 0.856. The molecule has 1 saturated heterocycles. The van der Waals surface area contributed by atoms with Gasteiger partial charge in [-0.3, -0.25) is 0 Å². The third-order valence-corrected chi connectivity index (χ3v) is 7.04. The molecule has 1 aliphatic rings. The molecule has 1 aliphatic heterocycles. The molecule has 180 valence electrons. The number of hydrogen-bond acceptors (Lipinski definition) is 3. The molecule has 0 aliphatic carbocycles. The van der Waals surface area contributed by atoms with Crippen LogP contribution in [-0.4, -0.2) is 31.6 Å². The normalized spacial score (nSPS) is 14.2. The second-order valence-electron chi connectivity index (χ2n) is 9.46. The lowest BCUT2D eigenvalue weighted by Gasteiger charge is -2.26. The van der Waals surface area contributed by atoms with E-state index in [-0.39, 0.29) is 0 Å². The minimum Gasteiger partial charge on any atom is -0.497 e. The molecule has 3 nitrogen and oxygen atoms in total. The highest BCUT2D eigenvalue weighted by molar-refractivity contribution is 5.97. The van der Waals surface area contributed by atoms with Gasteiger partial charge in [0.15, 0.2) is 0 Å². The lowest BCUT2D eigenvalue weighted by Crippen LogP contribution is -2.30. The van der Waals surface area contributed by atoms with Crippen molar-refractivity contribution in [1.29, 1.82) is 0 Å². The molecule has 0 bridgehead atoms. The van der Waals surface area contributed by atoms with Crippen molar-refractivity contribution < 1.29 is 9.47 Å². The Morgan fingerprint density at radius 3 is 2.26 bits per heavy atom. The molecule has 35 heavy (non-hydrogen) atoms. The van der Waals surface area contributed by atoms with E-state index in [0.29, 0.717) is 0 Å². The van der Waals surface area contributed by atoms with E-state index >= 15 is 0 Å². The number of aryl methyl sites for hydroxylation is 1. The summed E-state index contributed by atoms with van der Waals surface area (Å²) in [5.74, 6) is 2.66. The third-order valence-electron chi connectivity index (χ3n) is 7.04. The van der Waals surface area contributed by atoms with Crippen LogP contribution in [0.2, 0.25) is 0 Å². The Bertz CT molecular complexity index is 1230. The standard InChI is InChI=1S/C32H35NO2/c1-34-28-19-17-25(18-20-28)31-27(13-8-11-23-33-21-9-3-10-22-33)24-26-12-6-7-16-30(26)32(31)35-29-14-4-2-5-15-29/h2,4-7,12,14-20,24H,3,8-11,13,21-23H2,1H3. The summed E-state index contributed by atoms with van der Waals surface area (Å²) < 4.78 is 12.1. The van der Waals surface area contributed by atoms with Crippen LogP contribution in [0.4, 0.5) is 0 Å². The summed E-state index contributed by atoms with van der Waals surface area (Å²) in [7, 11) is 1.71. The number of fused-ring (bicyclic) bond motifs is 1. The van der Waals surface area contributed by atoms with Gasteiger partial charge in [0, 0.05) is 10.9 Å². The van der Waals surface area contributed by atoms with E-state index in [9.17, 15) is 0 Å². The van der Waals surface area contributed by atoms with Crippen molar-refractivity contribution in [2.75, 3.05) is 26.7 Å². The fourth-order valence-electron chi connectivity index (χ4n) is 5.19. The quantitative estimate of drug-likeness (QED) is 0.233. The molecule has 5 rings (SSSR count). The number of hydrogen-bond donors (Lipinski definition) is 0. The minimum atomic E-state index is 0.856. The van der Waals surface area contributed by atoms with Crippen molar-refractivity contribution in [3.63, 3.8) is 0 Å². The lowest BCUT2D eigenvalue weighted by atomic mass is 9.91. The van der Waals surface area contributed by atoms with Gasteiger partial charge in [0.05, 0.1) is 7.11 Å². The number of rotatable bonds is 9. The fraction of sp³-hybridized carbons (Fsp3) is 0.312. The van der Waals surface area contributed by atoms with Crippen LogP contribution in [0.5, 0.6) is 17.2 Å². The molecule has 1 fully saturated rings. The smallest absolute Gasteiger partial charge is 0.143 e. The lowest BCUT2D eigenvalue weighted by molar-refractivity contribution is 0.225. The Morgan fingerprint density at radius 2 is 1.49 bits per heavy atom. The van der Waals surface area contributed by atoms with Crippen LogP contribution in [0.1, 0.15) is 37.7 Å².